The summed E-state index contributed by atoms with van der Waals surface area (Å²) in [7, 11) is 2.19. The molecule has 2 unspecified atom stereocenters. The number of hydrogen-bond donors (Lipinski definition) is 1. The van der Waals surface area contributed by atoms with E-state index in [1.165, 1.54) is 12.8 Å². The van der Waals surface area contributed by atoms with Crippen molar-refractivity contribution in [3.05, 3.63) is 46.2 Å². The van der Waals surface area contributed by atoms with Crippen molar-refractivity contribution in [1.82, 2.24) is 14.8 Å². The Balaban J connectivity index is 1.61. The van der Waals surface area contributed by atoms with Gasteiger partial charge in [-0.3, -0.25) is 9.59 Å². The highest BCUT2D eigenvalue weighted by atomic mass is 16.2. The van der Waals surface area contributed by atoms with Gasteiger partial charge in [0.2, 0.25) is 5.43 Å². The molecule has 2 aromatic rings. The highest BCUT2D eigenvalue weighted by Crippen LogP contribution is 2.34. The van der Waals surface area contributed by atoms with E-state index in [1.54, 1.807) is 6.20 Å². The van der Waals surface area contributed by atoms with E-state index in [9.17, 15) is 9.59 Å². The number of pyridine rings is 1. The molecule has 2 atom stereocenters. The molecule has 5 heteroatoms. The maximum Gasteiger partial charge on any atom is 0.256 e. The number of unbranched alkanes of at least 4 members (excludes halogenated alkanes) is 1. The zero-order valence-corrected chi connectivity index (χ0v) is 16.3. The number of amides is 1. The number of piperidine rings is 1. The Morgan fingerprint density at radius 1 is 1.19 bits per heavy atom. The predicted octanol–water partition coefficient (Wildman–Crippen LogP) is 3.16. The summed E-state index contributed by atoms with van der Waals surface area (Å²) in [5.74, 6) is -0.218. The molecule has 27 heavy (non-hydrogen) atoms. The third-order valence-electron chi connectivity index (χ3n) is 6.42. The number of nitrogens with zero attached hydrogens (tertiary/aromatic N) is 2. The first kappa shape index (κ1) is 18.2. The molecule has 5 nitrogen and oxygen atoms in total. The zero-order chi connectivity index (χ0) is 19.0. The molecule has 2 saturated heterocycles. The largest absolute Gasteiger partial charge is 0.349 e. The topological polar surface area (TPSA) is 54.3 Å². The van der Waals surface area contributed by atoms with E-state index < -0.39 is 0 Å². The van der Waals surface area contributed by atoms with Crippen molar-refractivity contribution in [2.75, 3.05) is 7.05 Å². The molecule has 0 spiro atoms. The van der Waals surface area contributed by atoms with Crippen molar-refractivity contribution in [3.63, 3.8) is 0 Å². The van der Waals surface area contributed by atoms with Crippen molar-refractivity contribution in [3.8, 4) is 0 Å². The number of benzene rings is 1. The molecule has 0 aliphatic carbocycles. The number of para-hydroxylation sites is 1. The summed E-state index contributed by atoms with van der Waals surface area (Å²) in [4.78, 5) is 28.4. The molecule has 4 rings (SSSR count). The maximum absolute atomic E-state index is 13.0. The van der Waals surface area contributed by atoms with Crippen LogP contribution in [0.25, 0.3) is 10.9 Å². The Hall–Kier alpha value is -2.14. The van der Waals surface area contributed by atoms with Crippen LogP contribution in [0.4, 0.5) is 0 Å². The Kier molecular flexibility index (Phi) is 5.04. The first-order valence-electron chi connectivity index (χ1n) is 10.2. The number of fused-ring (bicyclic) bond motifs is 3. The maximum atomic E-state index is 13.0. The van der Waals surface area contributed by atoms with Crippen LogP contribution in [0.1, 0.15) is 55.8 Å². The van der Waals surface area contributed by atoms with Crippen LogP contribution >= 0.6 is 0 Å². The number of aryl methyl sites for hydroxylation is 1. The van der Waals surface area contributed by atoms with Gasteiger partial charge in [0.25, 0.3) is 5.91 Å². The first-order chi connectivity index (χ1) is 13.1. The lowest BCUT2D eigenvalue weighted by molar-refractivity contribution is 0.0881. The van der Waals surface area contributed by atoms with Gasteiger partial charge in [-0.15, -0.1) is 0 Å². The molecule has 2 aliphatic rings. The van der Waals surface area contributed by atoms with E-state index in [0.717, 1.165) is 37.7 Å². The average Bonchev–Trinajstić information content (AvgIpc) is 2.88. The normalized spacial score (nSPS) is 25.0. The fraction of sp³-hybridized carbons (Fsp3) is 0.545. The number of nitrogens with one attached hydrogen (secondary N) is 1. The second kappa shape index (κ2) is 7.47. The number of carbonyl (C=O) groups is 1. The van der Waals surface area contributed by atoms with Gasteiger partial charge in [-0.2, -0.15) is 0 Å². The summed E-state index contributed by atoms with van der Waals surface area (Å²) in [5.41, 5.74) is 1.02. The van der Waals surface area contributed by atoms with Gasteiger partial charge < -0.3 is 14.8 Å². The predicted molar refractivity (Wildman–Crippen MR) is 108 cm³/mol. The van der Waals surface area contributed by atoms with E-state index >= 15 is 0 Å². The Morgan fingerprint density at radius 3 is 2.59 bits per heavy atom. The van der Waals surface area contributed by atoms with Gasteiger partial charge in [-0.25, -0.2) is 0 Å². The van der Waals surface area contributed by atoms with E-state index in [0.29, 0.717) is 17.5 Å². The van der Waals surface area contributed by atoms with Crippen LogP contribution in [0, 0.1) is 0 Å². The van der Waals surface area contributed by atoms with Crippen molar-refractivity contribution in [2.24, 2.45) is 0 Å². The molecule has 0 saturated carbocycles. The fourth-order valence-corrected chi connectivity index (χ4v) is 4.81. The lowest BCUT2D eigenvalue weighted by atomic mass is 9.97. The Morgan fingerprint density at radius 2 is 1.89 bits per heavy atom. The molecule has 2 aliphatic heterocycles. The summed E-state index contributed by atoms with van der Waals surface area (Å²) >= 11 is 0. The van der Waals surface area contributed by atoms with E-state index in [-0.39, 0.29) is 22.9 Å². The van der Waals surface area contributed by atoms with E-state index in [4.69, 9.17) is 0 Å². The molecule has 0 radical (unpaired) electrons. The molecule has 2 bridgehead atoms. The van der Waals surface area contributed by atoms with Crippen LogP contribution in [-0.2, 0) is 6.54 Å². The van der Waals surface area contributed by atoms with Crippen molar-refractivity contribution >= 4 is 16.8 Å². The van der Waals surface area contributed by atoms with Crippen molar-refractivity contribution in [1.29, 1.82) is 0 Å². The highest BCUT2D eigenvalue weighted by Gasteiger charge is 2.39. The first-order valence-corrected chi connectivity index (χ1v) is 10.2. The minimum absolute atomic E-state index is 0.160. The number of hydrogen-bond acceptors (Lipinski definition) is 3. The monoisotopic (exact) mass is 367 g/mol. The van der Waals surface area contributed by atoms with Gasteiger partial charge >= 0.3 is 0 Å². The molecule has 1 aromatic heterocycles. The Labute approximate surface area is 160 Å². The van der Waals surface area contributed by atoms with Gasteiger partial charge in [0.1, 0.15) is 5.56 Å². The molecule has 144 valence electrons. The molecule has 1 aromatic carbocycles. The SMILES string of the molecule is CCCCn1cc(C(=O)NC2CC3CCC(C2)N3C)c(=O)c2ccccc21. The van der Waals surface area contributed by atoms with Crippen molar-refractivity contribution < 1.29 is 4.79 Å². The zero-order valence-electron chi connectivity index (χ0n) is 16.3. The third-order valence-corrected chi connectivity index (χ3v) is 6.42. The minimum atomic E-state index is -0.218. The summed E-state index contributed by atoms with van der Waals surface area (Å²) in [5, 5.41) is 3.80. The van der Waals surface area contributed by atoms with Crippen LogP contribution in [0.2, 0.25) is 0 Å². The van der Waals surface area contributed by atoms with Crippen molar-refractivity contribution in [2.45, 2.75) is 70.1 Å². The number of rotatable bonds is 5. The summed E-state index contributed by atoms with van der Waals surface area (Å²) in [6.45, 7) is 2.96. The minimum Gasteiger partial charge on any atom is -0.349 e. The second-order valence-corrected chi connectivity index (χ2v) is 8.13. The second-order valence-electron chi connectivity index (χ2n) is 8.13. The average molecular weight is 367 g/mol. The molecular formula is C22H29N3O2. The van der Waals surface area contributed by atoms with Crippen LogP contribution < -0.4 is 10.7 Å². The Bertz CT molecular complexity index is 890. The molecular weight excluding hydrogens is 338 g/mol. The van der Waals surface area contributed by atoms with Gasteiger partial charge in [-0.05, 0) is 51.3 Å². The lowest BCUT2D eigenvalue weighted by Crippen LogP contribution is -2.49. The molecule has 1 N–H and O–H groups in total. The summed E-state index contributed by atoms with van der Waals surface area (Å²) < 4.78 is 2.06. The van der Waals surface area contributed by atoms with Crippen LogP contribution in [-0.4, -0.2) is 40.5 Å². The summed E-state index contributed by atoms with van der Waals surface area (Å²) in [6, 6.07) is 8.89. The highest BCUT2D eigenvalue weighted by molar-refractivity contribution is 5.97. The fourth-order valence-electron chi connectivity index (χ4n) is 4.81. The quantitative estimate of drug-likeness (QED) is 0.883. The van der Waals surface area contributed by atoms with Crippen LogP contribution in [0.5, 0.6) is 0 Å². The smallest absolute Gasteiger partial charge is 0.256 e. The number of carbonyl (C=O) groups excluding carboxylic acids is 1. The van der Waals surface area contributed by atoms with Gasteiger partial charge in [0.05, 0.1) is 5.52 Å². The number of aromatic nitrogens is 1. The van der Waals surface area contributed by atoms with E-state index in [1.807, 2.05) is 24.3 Å². The molecule has 1 amide bonds. The van der Waals surface area contributed by atoms with Crippen LogP contribution in [0.15, 0.2) is 35.3 Å². The van der Waals surface area contributed by atoms with Crippen LogP contribution in [0.3, 0.4) is 0 Å². The molecule has 3 heterocycles. The summed E-state index contributed by atoms with van der Waals surface area (Å²) in [6.07, 6.45) is 8.25. The standard InChI is InChI=1S/C22H29N3O2/c1-3-4-11-25-14-19(21(26)18-7-5-6-8-20(18)25)22(27)23-15-12-16-9-10-17(13-15)24(16)2/h5-8,14-17H,3-4,9-13H2,1-2H3,(H,23,27). The lowest BCUT2D eigenvalue weighted by Gasteiger charge is -2.36. The van der Waals surface area contributed by atoms with E-state index in [2.05, 4.69) is 28.8 Å². The van der Waals surface area contributed by atoms with Gasteiger partial charge in [0.15, 0.2) is 0 Å². The van der Waals surface area contributed by atoms with Gasteiger partial charge in [-0.1, -0.05) is 25.5 Å². The molecule has 2 fully saturated rings. The third kappa shape index (κ3) is 3.41. The van der Waals surface area contributed by atoms with Gasteiger partial charge in [0, 0.05) is 36.3 Å².